The molecule has 8 nitrogen and oxygen atoms in total. The first-order valence-corrected chi connectivity index (χ1v) is 15.2. The second kappa shape index (κ2) is 10.7. The maximum Gasteiger partial charge on any atom is 0.246 e. The van der Waals surface area contributed by atoms with Crippen LogP contribution in [-0.2, 0) is 24.6 Å². The normalized spacial score (nSPS) is 29.3. The topological polar surface area (TPSA) is 104 Å². The third-order valence-corrected chi connectivity index (χ3v) is 10.2. The van der Waals surface area contributed by atoms with Crippen molar-refractivity contribution in [1.82, 2.24) is 4.90 Å². The molecule has 3 fully saturated rings. The molecule has 0 bridgehead atoms. The fourth-order valence-corrected chi connectivity index (χ4v) is 8.44. The second-order valence-corrected chi connectivity index (χ2v) is 12.4. The number of aliphatic hydroxyl groups is 1. The average molecular weight is 611 g/mol. The van der Waals surface area contributed by atoms with Gasteiger partial charge in [0.2, 0.25) is 23.6 Å². The number of allylic oxidation sites excluding steroid dienone is 2. The summed E-state index contributed by atoms with van der Waals surface area (Å²) in [7, 11) is 1.51. The number of hydrogen-bond acceptors (Lipinski definition) is 6. The number of anilines is 1. The molecule has 2 saturated heterocycles. The zero-order chi connectivity index (χ0) is 30.7. The van der Waals surface area contributed by atoms with Gasteiger partial charge in [0.05, 0.1) is 35.5 Å². The molecule has 1 saturated carbocycles. The van der Waals surface area contributed by atoms with Gasteiger partial charge in [0.15, 0.2) is 0 Å². The average Bonchev–Trinajstić information content (AvgIpc) is 3.40. The Hall–Kier alpha value is -4.27. The van der Waals surface area contributed by atoms with E-state index in [0.29, 0.717) is 34.0 Å². The molecule has 2 aliphatic heterocycles. The Balaban J connectivity index is 1.52. The van der Waals surface area contributed by atoms with Crippen LogP contribution >= 0.6 is 11.6 Å². The molecule has 4 aliphatic rings. The van der Waals surface area contributed by atoms with E-state index < -0.39 is 35.0 Å². The Morgan fingerprint density at radius 3 is 2.41 bits per heavy atom. The zero-order valence-corrected chi connectivity index (χ0v) is 24.8. The van der Waals surface area contributed by atoms with Gasteiger partial charge < -0.3 is 9.84 Å². The van der Waals surface area contributed by atoms with Gasteiger partial charge in [-0.25, -0.2) is 4.90 Å². The van der Waals surface area contributed by atoms with Crippen molar-refractivity contribution in [3.63, 3.8) is 0 Å². The molecule has 224 valence electrons. The molecule has 0 radical (unpaired) electrons. The highest BCUT2D eigenvalue weighted by Crippen LogP contribution is 2.65. The maximum atomic E-state index is 15.2. The molecule has 6 atom stereocenters. The lowest BCUT2D eigenvalue weighted by atomic mass is 9.49. The minimum absolute atomic E-state index is 0.0397. The van der Waals surface area contributed by atoms with E-state index in [1.807, 2.05) is 54.6 Å². The van der Waals surface area contributed by atoms with Crippen LogP contribution in [0.3, 0.4) is 0 Å². The van der Waals surface area contributed by atoms with Crippen molar-refractivity contribution in [1.29, 1.82) is 0 Å². The number of rotatable bonds is 6. The quantitative estimate of drug-likeness (QED) is 0.326. The van der Waals surface area contributed by atoms with Gasteiger partial charge in [-0.3, -0.25) is 24.1 Å². The molecule has 6 unspecified atom stereocenters. The number of benzene rings is 3. The number of ether oxygens (including phenoxy) is 1. The van der Waals surface area contributed by atoms with Crippen molar-refractivity contribution in [3.05, 3.63) is 107 Å². The van der Waals surface area contributed by atoms with Crippen LogP contribution in [0.15, 0.2) is 90.5 Å². The molecular formula is C35H31ClN2O6. The standard InChI is InChI=1S/C35H31ClN2O6/c1-37-31(40)25-15-14-23-26(29(25)33(37)42)19-27-32(41)38(22-11-7-10-21(36)18-22)34(43)35(27,20-8-3-2-4-9-20)30(23)24-12-5-6-13-28(24)44-17-16-39/h2-14,18,25-27,29-30,39H,15-17,19H2,1H3. The van der Waals surface area contributed by atoms with E-state index in [1.54, 1.807) is 30.3 Å². The zero-order valence-electron chi connectivity index (χ0n) is 24.1. The fourth-order valence-electron chi connectivity index (χ4n) is 8.25. The molecule has 2 aliphatic carbocycles. The molecule has 9 heteroatoms. The van der Waals surface area contributed by atoms with Crippen LogP contribution in [0, 0.1) is 23.7 Å². The Kier molecular flexibility index (Phi) is 6.94. The number of carbonyl (C=O) groups is 4. The Bertz CT molecular complexity index is 1720. The van der Waals surface area contributed by atoms with Crippen molar-refractivity contribution in [2.75, 3.05) is 25.2 Å². The number of halogens is 1. The van der Waals surface area contributed by atoms with Crippen LogP contribution in [0.1, 0.15) is 29.9 Å². The first-order chi connectivity index (χ1) is 21.3. The lowest BCUT2D eigenvalue weighted by Crippen LogP contribution is -2.53. The van der Waals surface area contributed by atoms with Crippen molar-refractivity contribution < 1.29 is 29.0 Å². The third kappa shape index (κ3) is 3.94. The van der Waals surface area contributed by atoms with E-state index >= 15 is 4.79 Å². The Labute approximate surface area is 259 Å². The second-order valence-electron chi connectivity index (χ2n) is 11.9. The van der Waals surface area contributed by atoms with Crippen LogP contribution in [0.4, 0.5) is 5.69 Å². The number of likely N-dealkylation sites (tertiary alicyclic amines) is 1. The fraction of sp³-hybridized carbons (Fsp3) is 0.314. The van der Waals surface area contributed by atoms with Gasteiger partial charge in [0, 0.05) is 23.6 Å². The van der Waals surface area contributed by atoms with E-state index in [2.05, 4.69) is 0 Å². The highest BCUT2D eigenvalue weighted by molar-refractivity contribution is 6.32. The number of imide groups is 2. The van der Waals surface area contributed by atoms with Crippen molar-refractivity contribution in [2.24, 2.45) is 23.7 Å². The molecule has 4 amide bonds. The minimum atomic E-state index is -1.38. The van der Waals surface area contributed by atoms with Crippen LogP contribution in [-0.4, -0.2) is 53.9 Å². The summed E-state index contributed by atoms with van der Waals surface area (Å²) in [5.41, 5.74) is 1.22. The number of amides is 4. The van der Waals surface area contributed by atoms with Gasteiger partial charge in [-0.2, -0.15) is 0 Å². The molecular weight excluding hydrogens is 580 g/mol. The van der Waals surface area contributed by atoms with Crippen molar-refractivity contribution >= 4 is 40.9 Å². The predicted molar refractivity (Wildman–Crippen MR) is 163 cm³/mol. The Morgan fingerprint density at radius 1 is 0.909 bits per heavy atom. The van der Waals surface area contributed by atoms with E-state index in [0.717, 1.165) is 5.57 Å². The van der Waals surface area contributed by atoms with Gasteiger partial charge >= 0.3 is 0 Å². The van der Waals surface area contributed by atoms with Crippen LogP contribution < -0.4 is 9.64 Å². The predicted octanol–water partition coefficient (Wildman–Crippen LogP) is 4.50. The summed E-state index contributed by atoms with van der Waals surface area (Å²) in [5.74, 6) is -3.86. The van der Waals surface area contributed by atoms with Crippen LogP contribution in [0.5, 0.6) is 5.75 Å². The third-order valence-electron chi connectivity index (χ3n) is 9.97. The number of hydrogen-bond donors (Lipinski definition) is 1. The van der Waals surface area contributed by atoms with E-state index in [-0.39, 0.29) is 43.3 Å². The lowest BCUT2D eigenvalue weighted by Gasteiger charge is -2.51. The lowest BCUT2D eigenvalue weighted by molar-refractivity contribution is -0.138. The number of carbonyl (C=O) groups excluding carboxylic acids is 4. The summed E-state index contributed by atoms with van der Waals surface area (Å²) in [5, 5.41) is 10.0. The smallest absolute Gasteiger partial charge is 0.246 e. The molecule has 2 heterocycles. The number of aliphatic hydroxyl groups excluding tert-OH is 1. The molecule has 0 spiro atoms. The monoisotopic (exact) mass is 610 g/mol. The van der Waals surface area contributed by atoms with Gasteiger partial charge in [0.1, 0.15) is 12.4 Å². The first-order valence-electron chi connectivity index (χ1n) is 14.8. The maximum absolute atomic E-state index is 15.2. The van der Waals surface area contributed by atoms with Crippen molar-refractivity contribution in [2.45, 2.75) is 24.2 Å². The molecule has 1 N–H and O–H groups in total. The number of nitrogens with zero attached hydrogens (tertiary/aromatic N) is 2. The summed E-state index contributed by atoms with van der Waals surface area (Å²) in [6.45, 7) is -0.165. The summed E-state index contributed by atoms with van der Waals surface area (Å²) in [6.07, 6.45) is 2.61. The van der Waals surface area contributed by atoms with E-state index in [4.69, 9.17) is 16.3 Å². The van der Waals surface area contributed by atoms with Gasteiger partial charge in [-0.05, 0) is 48.6 Å². The summed E-state index contributed by atoms with van der Waals surface area (Å²) < 4.78 is 6.05. The molecule has 3 aromatic rings. The summed E-state index contributed by atoms with van der Waals surface area (Å²) in [4.78, 5) is 59.1. The van der Waals surface area contributed by atoms with Crippen LogP contribution in [0.2, 0.25) is 5.02 Å². The van der Waals surface area contributed by atoms with Gasteiger partial charge in [0.25, 0.3) is 0 Å². The number of fused-ring (bicyclic) bond motifs is 4. The van der Waals surface area contributed by atoms with Crippen LogP contribution in [0.25, 0.3) is 0 Å². The largest absolute Gasteiger partial charge is 0.491 e. The molecule has 44 heavy (non-hydrogen) atoms. The minimum Gasteiger partial charge on any atom is -0.491 e. The van der Waals surface area contributed by atoms with Crippen molar-refractivity contribution in [3.8, 4) is 5.75 Å². The highest BCUT2D eigenvalue weighted by Gasteiger charge is 2.70. The first kappa shape index (κ1) is 28.5. The summed E-state index contributed by atoms with van der Waals surface area (Å²) in [6, 6.07) is 23.4. The van der Waals surface area contributed by atoms with Gasteiger partial charge in [-0.1, -0.05) is 77.8 Å². The molecule has 3 aromatic carbocycles. The Morgan fingerprint density at radius 2 is 1.66 bits per heavy atom. The van der Waals surface area contributed by atoms with E-state index in [9.17, 15) is 19.5 Å². The summed E-state index contributed by atoms with van der Waals surface area (Å²) >= 11 is 6.35. The molecule has 7 rings (SSSR count). The number of para-hydroxylation sites is 1. The SMILES string of the molecule is CN1C(=O)C2CC=C3C(CC4C(=O)N(c5cccc(Cl)c5)C(=O)C4(c4ccccc4)C3c3ccccc3OCCO)C2C1=O. The van der Waals surface area contributed by atoms with Gasteiger partial charge in [-0.15, -0.1) is 0 Å². The molecule has 0 aromatic heterocycles. The highest BCUT2D eigenvalue weighted by atomic mass is 35.5. The van der Waals surface area contributed by atoms with E-state index in [1.165, 1.54) is 16.8 Å².